The fourth-order valence-electron chi connectivity index (χ4n) is 2.24. The number of benzene rings is 2. The molecule has 0 atom stereocenters. The molecular formula is C17H15NO6. The number of hydrogen-bond acceptors (Lipinski definition) is 6. The molecule has 1 aliphatic rings. The molecule has 0 saturated carbocycles. The van der Waals surface area contributed by atoms with Gasteiger partial charge in [-0.05, 0) is 31.2 Å². The number of aliphatic imine (C=N–C) groups is 1. The van der Waals surface area contributed by atoms with Crippen molar-refractivity contribution in [1.29, 1.82) is 0 Å². The molecule has 2 aromatic rings. The van der Waals surface area contributed by atoms with Crippen LogP contribution in [-0.2, 0) is 0 Å². The lowest BCUT2D eigenvalue weighted by Gasteiger charge is -2.08. The lowest BCUT2D eigenvalue weighted by molar-refractivity contribution is 0.0693. The number of aromatic hydroxyl groups is 1. The van der Waals surface area contributed by atoms with Crippen molar-refractivity contribution in [3.63, 3.8) is 0 Å². The molecule has 2 N–H and O–H groups in total. The Balaban J connectivity index is 1.94. The fourth-order valence-corrected chi connectivity index (χ4v) is 2.24. The molecule has 0 aliphatic carbocycles. The zero-order chi connectivity index (χ0) is 17.1. The minimum absolute atomic E-state index is 0.154. The van der Waals surface area contributed by atoms with Crippen LogP contribution in [0.15, 0.2) is 35.3 Å². The molecule has 1 aliphatic heterocycles. The smallest absolute Gasteiger partial charge is 0.339 e. The number of fused-ring (bicyclic) bond motifs is 1. The number of aromatic carboxylic acids is 1. The lowest BCUT2D eigenvalue weighted by atomic mass is 10.1. The van der Waals surface area contributed by atoms with E-state index in [2.05, 4.69) is 4.99 Å². The fraction of sp³-hybridized carbons (Fsp3) is 0.176. The number of phenols is 1. The Hall–Kier alpha value is -3.22. The SMILES string of the molecule is CCOc1cc2c(cc1C=Nc1ccc(O)c(C(=O)O)c1)OCO2. The third-order valence-corrected chi connectivity index (χ3v) is 3.37. The Kier molecular flexibility index (Phi) is 4.24. The van der Waals surface area contributed by atoms with E-state index in [1.807, 2.05) is 6.92 Å². The molecule has 0 amide bonds. The molecular weight excluding hydrogens is 314 g/mol. The minimum Gasteiger partial charge on any atom is -0.507 e. The molecule has 0 unspecified atom stereocenters. The van der Waals surface area contributed by atoms with Gasteiger partial charge in [-0.3, -0.25) is 4.99 Å². The molecule has 3 rings (SSSR count). The molecule has 0 aromatic heterocycles. The summed E-state index contributed by atoms with van der Waals surface area (Å²) in [5, 5.41) is 18.6. The van der Waals surface area contributed by atoms with Crippen molar-refractivity contribution in [3.8, 4) is 23.0 Å². The van der Waals surface area contributed by atoms with Gasteiger partial charge in [0.05, 0.1) is 12.3 Å². The van der Waals surface area contributed by atoms with Gasteiger partial charge in [-0.15, -0.1) is 0 Å². The number of hydrogen-bond donors (Lipinski definition) is 2. The van der Waals surface area contributed by atoms with E-state index in [0.717, 1.165) is 0 Å². The average Bonchev–Trinajstić information content (AvgIpc) is 3.01. The van der Waals surface area contributed by atoms with Crippen LogP contribution in [-0.4, -0.2) is 35.8 Å². The highest BCUT2D eigenvalue weighted by molar-refractivity contribution is 5.92. The van der Waals surface area contributed by atoms with Crippen LogP contribution in [0.25, 0.3) is 0 Å². The Bertz CT molecular complexity index is 815. The second kappa shape index (κ2) is 6.49. The third kappa shape index (κ3) is 3.10. The Morgan fingerprint density at radius 3 is 2.75 bits per heavy atom. The Morgan fingerprint density at radius 2 is 2.04 bits per heavy atom. The monoisotopic (exact) mass is 329 g/mol. The van der Waals surface area contributed by atoms with Gasteiger partial charge in [-0.25, -0.2) is 4.79 Å². The third-order valence-electron chi connectivity index (χ3n) is 3.37. The van der Waals surface area contributed by atoms with Crippen molar-refractivity contribution in [2.24, 2.45) is 4.99 Å². The van der Waals surface area contributed by atoms with Crippen LogP contribution in [0, 0.1) is 0 Å². The van der Waals surface area contributed by atoms with E-state index in [-0.39, 0.29) is 18.1 Å². The van der Waals surface area contributed by atoms with Crippen LogP contribution in [0.1, 0.15) is 22.8 Å². The van der Waals surface area contributed by atoms with Gasteiger partial charge >= 0.3 is 5.97 Å². The number of nitrogens with zero attached hydrogens (tertiary/aromatic N) is 1. The molecule has 0 radical (unpaired) electrons. The summed E-state index contributed by atoms with van der Waals surface area (Å²) in [7, 11) is 0. The first-order valence-corrected chi connectivity index (χ1v) is 7.25. The van der Waals surface area contributed by atoms with E-state index in [1.54, 1.807) is 18.3 Å². The maximum absolute atomic E-state index is 11.1. The van der Waals surface area contributed by atoms with E-state index in [0.29, 0.717) is 35.1 Å². The highest BCUT2D eigenvalue weighted by Crippen LogP contribution is 2.37. The van der Waals surface area contributed by atoms with E-state index >= 15 is 0 Å². The largest absolute Gasteiger partial charge is 0.507 e. The first kappa shape index (κ1) is 15.7. The summed E-state index contributed by atoms with van der Waals surface area (Å²) >= 11 is 0. The van der Waals surface area contributed by atoms with Crippen LogP contribution < -0.4 is 14.2 Å². The number of carboxylic acid groups (broad SMARTS) is 1. The Morgan fingerprint density at radius 1 is 1.29 bits per heavy atom. The van der Waals surface area contributed by atoms with Gasteiger partial charge in [0.15, 0.2) is 11.5 Å². The Labute approximate surface area is 137 Å². The highest BCUT2D eigenvalue weighted by atomic mass is 16.7. The maximum atomic E-state index is 11.1. The molecule has 7 heteroatoms. The average molecular weight is 329 g/mol. The van der Waals surface area contributed by atoms with Crippen molar-refractivity contribution in [2.45, 2.75) is 6.92 Å². The minimum atomic E-state index is -1.22. The molecule has 24 heavy (non-hydrogen) atoms. The van der Waals surface area contributed by atoms with Crippen molar-refractivity contribution in [2.75, 3.05) is 13.4 Å². The van der Waals surface area contributed by atoms with E-state index in [1.165, 1.54) is 18.2 Å². The summed E-state index contributed by atoms with van der Waals surface area (Å²) in [5.74, 6) is 0.259. The maximum Gasteiger partial charge on any atom is 0.339 e. The predicted molar refractivity (Wildman–Crippen MR) is 86.1 cm³/mol. The summed E-state index contributed by atoms with van der Waals surface area (Å²) in [5.41, 5.74) is 0.858. The first-order valence-electron chi connectivity index (χ1n) is 7.25. The quantitative estimate of drug-likeness (QED) is 0.819. The number of carbonyl (C=O) groups is 1. The van der Waals surface area contributed by atoms with Crippen LogP contribution >= 0.6 is 0 Å². The van der Waals surface area contributed by atoms with Crippen molar-refractivity contribution in [3.05, 3.63) is 41.5 Å². The molecule has 7 nitrogen and oxygen atoms in total. The molecule has 0 spiro atoms. The summed E-state index contributed by atoms with van der Waals surface area (Å²) in [6, 6.07) is 7.58. The zero-order valence-electron chi connectivity index (χ0n) is 12.9. The summed E-state index contributed by atoms with van der Waals surface area (Å²) in [6.45, 7) is 2.49. The molecule has 0 saturated heterocycles. The van der Waals surface area contributed by atoms with Crippen LogP contribution in [0.4, 0.5) is 5.69 Å². The van der Waals surface area contributed by atoms with Crippen molar-refractivity contribution < 1.29 is 29.2 Å². The number of rotatable bonds is 5. The molecule has 124 valence electrons. The second-order valence-corrected chi connectivity index (χ2v) is 4.94. The highest BCUT2D eigenvalue weighted by Gasteiger charge is 2.17. The van der Waals surface area contributed by atoms with Gasteiger partial charge in [0, 0.05) is 17.8 Å². The number of carboxylic acids is 1. The molecule has 0 fully saturated rings. The topological polar surface area (TPSA) is 97.6 Å². The van der Waals surface area contributed by atoms with Gasteiger partial charge in [-0.1, -0.05) is 0 Å². The summed E-state index contributed by atoms with van der Waals surface area (Å²) in [4.78, 5) is 15.3. The van der Waals surface area contributed by atoms with E-state index in [9.17, 15) is 9.90 Å². The normalized spacial score (nSPS) is 12.5. The van der Waals surface area contributed by atoms with Gasteiger partial charge in [0.2, 0.25) is 6.79 Å². The van der Waals surface area contributed by atoms with Gasteiger partial charge < -0.3 is 24.4 Å². The molecule has 2 aromatic carbocycles. The van der Waals surface area contributed by atoms with Gasteiger partial charge in [0.25, 0.3) is 0 Å². The first-order chi connectivity index (χ1) is 11.6. The van der Waals surface area contributed by atoms with Crippen molar-refractivity contribution >= 4 is 17.9 Å². The zero-order valence-corrected chi connectivity index (χ0v) is 12.9. The summed E-state index contributed by atoms with van der Waals surface area (Å²) in [6.07, 6.45) is 1.55. The number of ether oxygens (including phenoxy) is 3. The molecule has 0 bridgehead atoms. The van der Waals surface area contributed by atoms with Crippen molar-refractivity contribution in [1.82, 2.24) is 0 Å². The van der Waals surface area contributed by atoms with Gasteiger partial charge in [-0.2, -0.15) is 0 Å². The lowest BCUT2D eigenvalue weighted by Crippen LogP contribution is -1.97. The molecule has 1 heterocycles. The standard InChI is InChI=1S/C17H15NO6/c1-2-22-14-7-16-15(23-9-24-16)5-10(14)8-18-11-3-4-13(19)12(6-11)17(20)21/h3-8,19H,2,9H2,1H3,(H,20,21). The van der Waals surface area contributed by atoms with E-state index < -0.39 is 5.97 Å². The second-order valence-electron chi connectivity index (χ2n) is 4.94. The summed E-state index contributed by atoms with van der Waals surface area (Å²) < 4.78 is 16.2. The van der Waals surface area contributed by atoms with E-state index in [4.69, 9.17) is 19.3 Å². The van der Waals surface area contributed by atoms with Crippen LogP contribution in [0.2, 0.25) is 0 Å². The predicted octanol–water partition coefficient (Wildman–Crippen LogP) is 2.97. The van der Waals surface area contributed by atoms with Gasteiger partial charge in [0.1, 0.15) is 17.1 Å². The van der Waals surface area contributed by atoms with Crippen LogP contribution in [0.5, 0.6) is 23.0 Å². The van der Waals surface area contributed by atoms with Crippen LogP contribution in [0.3, 0.4) is 0 Å².